The summed E-state index contributed by atoms with van der Waals surface area (Å²) in [5.74, 6) is -1.60. The van der Waals surface area contributed by atoms with Crippen LogP contribution in [0.3, 0.4) is 0 Å². The molecule has 3 rings (SSSR count). The Labute approximate surface area is 237 Å². The van der Waals surface area contributed by atoms with Gasteiger partial charge in [-0.05, 0) is 67.3 Å². The highest BCUT2D eigenvalue weighted by Crippen LogP contribution is 2.34. The fraction of sp³-hybridized carbons (Fsp3) is 0.0909. The van der Waals surface area contributed by atoms with E-state index in [1.807, 2.05) is 30.3 Å². The first kappa shape index (κ1) is 30.0. The Hall–Kier alpha value is -5.50. The third kappa shape index (κ3) is 8.24. The molecule has 0 amide bonds. The van der Waals surface area contributed by atoms with Crippen LogP contribution in [-0.2, 0) is 19.2 Å². The van der Waals surface area contributed by atoms with Crippen molar-refractivity contribution < 1.29 is 38.1 Å². The fourth-order valence-electron chi connectivity index (χ4n) is 3.25. The van der Waals surface area contributed by atoms with Gasteiger partial charge in [0.05, 0.1) is 0 Å². The third-order valence-electron chi connectivity index (χ3n) is 5.45. The molecule has 208 valence electrons. The van der Waals surface area contributed by atoms with Crippen molar-refractivity contribution in [1.29, 1.82) is 0 Å². The lowest BCUT2D eigenvalue weighted by molar-refractivity contribution is -0.132. The fourth-order valence-corrected chi connectivity index (χ4v) is 3.25. The van der Waals surface area contributed by atoms with Gasteiger partial charge in [0.1, 0.15) is 0 Å². The summed E-state index contributed by atoms with van der Waals surface area (Å²) in [6.45, 7) is 15.5. The number of carbonyl (C=O) groups is 4. The van der Waals surface area contributed by atoms with Gasteiger partial charge >= 0.3 is 17.9 Å². The van der Waals surface area contributed by atoms with Crippen molar-refractivity contribution in [3.8, 4) is 34.1 Å². The molecule has 0 aliphatic carbocycles. The van der Waals surface area contributed by atoms with Crippen LogP contribution in [0.1, 0.15) is 31.9 Å². The molecule has 0 atom stereocenters. The molecule has 0 spiro atoms. The second kappa shape index (κ2) is 13.5. The van der Waals surface area contributed by atoms with E-state index in [1.165, 1.54) is 26.8 Å². The van der Waals surface area contributed by atoms with Gasteiger partial charge in [-0.15, -0.1) is 0 Å². The van der Waals surface area contributed by atoms with Crippen molar-refractivity contribution in [3.63, 3.8) is 0 Å². The Kier molecular flexibility index (Phi) is 9.91. The van der Waals surface area contributed by atoms with Crippen LogP contribution in [0.25, 0.3) is 23.3 Å². The summed E-state index contributed by atoms with van der Waals surface area (Å²) >= 11 is 0. The van der Waals surface area contributed by atoms with Crippen molar-refractivity contribution in [2.75, 3.05) is 0 Å². The minimum Gasteiger partial charge on any atom is -0.425 e. The van der Waals surface area contributed by atoms with Crippen molar-refractivity contribution in [2.24, 2.45) is 0 Å². The van der Waals surface area contributed by atoms with E-state index in [4.69, 9.17) is 18.9 Å². The maximum atomic E-state index is 12.1. The molecule has 0 heterocycles. The molecule has 41 heavy (non-hydrogen) atoms. The zero-order valence-electron chi connectivity index (χ0n) is 22.9. The lowest BCUT2D eigenvalue weighted by Gasteiger charge is -2.11. The highest BCUT2D eigenvalue weighted by Gasteiger charge is 2.16. The van der Waals surface area contributed by atoms with Crippen LogP contribution >= 0.6 is 0 Å². The summed E-state index contributed by atoms with van der Waals surface area (Å²) in [7, 11) is 0. The van der Waals surface area contributed by atoms with E-state index in [1.54, 1.807) is 36.4 Å². The average Bonchev–Trinajstić information content (AvgIpc) is 2.94. The van der Waals surface area contributed by atoms with Crippen molar-refractivity contribution >= 4 is 36.5 Å². The lowest BCUT2D eigenvalue weighted by atomic mass is 10.0. The SMILES string of the molecule is C=C(C)C(=O)Oc1ccc(-c2ccc(/C=C/c3ccc(OC(=O)C(=C)C)c(OC(=O)C(=C)C)c3)cc2)cc1OC=O. The Morgan fingerprint density at radius 3 is 1.54 bits per heavy atom. The molecule has 0 saturated carbocycles. The minimum absolute atomic E-state index is 0.0656. The van der Waals surface area contributed by atoms with Crippen LogP contribution in [0.15, 0.2) is 97.1 Å². The molecule has 0 radical (unpaired) electrons. The van der Waals surface area contributed by atoms with Crippen LogP contribution in [-0.4, -0.2) is 24.4 Å². The van der Waals surface area contributed by atoms with Gasteiger partial charge in [-0.25, -0.2) is 14.4 Å². The molecule has 8 heteroatoms. The Balaban J connectivity index is 1.83. The zero-order chi connectivity index (χ0) is 30.1. The molecule has 0 aliphatic heterocycles. The number of benzene rings is 3. The van der Waals surface area contributed by atoms with Crippen LogP contribution in [0.2, 0.25) is 0 Å². The Bertz CT molecular complexity index is 1580. The Morgan fingerprint density at radius 1 is 0.561 bits per heavy atom. The number of carbonyl (C=O) groups excluding carboxylic acids is 4. The largest absolute Gasteiger partial charge is 0.425 e. The maximum absolute atomic E-state index is 12.1. The summed E-state index contributed by atoms with van der Waals surface area (Å²) in [5.41, 5.74) is 3.71. The monoisotopic (exact) mass is 552 g/mol. The standard InChI is InChI=1S/C33H28O8/c1-20(2)31(35)39-27-16-14-26(18-29(27)38-19-34)25-12-9-23(10-13-25)7-8-24-11-15-28(40-32(36)21(3)4)30(17-24)41-33(37)22(5)6/h7-19H,1,3,5H2,2,4,6H3/b8-7+. The van der Waals surface area contributed by atoms with E-state index < -0.39 is 17.9 Å². The second-order valence-electron chi connectivity index (χ2n) is 9.05. The lowest BCUT2D eigenvalue weighted by Crippen LogP contribution is -2.12. The number of rotatable bonds is 11. The first-order valence-electron chi connectivity index (χ1n) is 12.3. The minimum atomic E-state index is -0.655. The summed E-state index contributed by atoms with van der Waals surface area (Å²) < 4.78 is 20.9. The van der Waals surface area contributed by atoms with Gasteiger partial charge in [0.2, 0.25) is 0 Å². The van der Waals surface area contributed by atoms with Crippen LogP contribution in [0, 0.1) is 0 Å². The molecule has 0 aliphatic rings. The first-order chi connectivity index (χ1) is 19.5. The summed E-state index contributed by atoms with van der Waals surface area (Å²) in [4.78, 5) is 47.0. The highest BCUT2D eigenvalue weighted by molar-refractivity contribution is 5.91. The predicted octanol–water partition coefficient (Wildman–Crippen LogP) is 6.50. The summed E-state index contributed by atoms with van der Waals surface area (Å²) in [5, 5.41) is 0. The predicted molar refractivity (Wildman–Crippen MR) is 155 cm³/mol. The van der Waals surface area contributed by atoms with Crippen LogP contribution < -0.4 is 18.9 Å². The van der Waals surface area contributed by atoms with Crippen molar-refractivity contribution in [1.82, 2.24) is 0 Å². The van der Waals surface area contributed by atoms with Gasteiger partial charge in [0.15, 0.2) is 23.0 Å². The summed E-state index contributed by atoms with van der Waals surface area (Å²) in [6, 6.07) is 17.2. The quantitative estimate of drug-likeness (QED) is 0.0872. The van der Waals surface area contributed by atoms with Gasteiger partial charge in [0.25, 0.3) is 6.47 Å². The van der Waals surface area contributed by atoms with E-state index in [9.17, 15) is 19.2 Å². The molecule has 3 aromatic rings. The van der Waals surface area contributed by atoms with Crippen LogP contribution in [0.5, 0.6) is 23.0 Å². The molecule has 0 unspecified atom stereocenters. The smallest absolute Gasteiger partial charge is 0.338 e. The van der Waals surface area contributed by atoms with E-state index >= 15 is 0 Å². The van der Waals surface area contributed by atoms with Gasteiger partial charge in [-0.1, -0.05) is 68.3 Å². The molecule has 0 fully saturated rings. The molecular weight excluding hydrogens is 524 g/mol. The molecule has 0 aromatic heterocycles. The van der Waals surface area contributed by atoms with Gasteiger partial charge in [0, 0.05) is 16.7 Å². The van der Waals surface area contributed by atoms with Gasteiger partial charge < -0.3 is 18.9 Å². The Morgan fingerprint density at radius 2 is 1.00 bits per heavy atom. The summed E-state index contributed by atoms with van der Waals surface area (Å²) in [6.07, 6.45) is 3.66. The van der Waals surface area contributed by atoms with E-state index in [0.717, 1.165) is 16.7 Å². The number of ether oxygens (including phenoxy) is 4. The third-order valence-corrected chi connectivity index (χ3v) is 5.45. The molecule has 8 nitrogen and oxygen atoms in total. The zero-order valence-corrected chi connectivity index (χ0v) is 22.9. The van der Waals surface area contributed by atoms with E-state index in [0.29, 0.717) is 5.56 Å². The average molecular weight is 553 g/mol. The van der Waals surface area contributed by atoms with Crippen molar-refractivity contribution in [3.05, 3.63) is 108 Å². The normalized spacial score (nSPS) is 10.4. The molecule has 3 aromatic carbocycles. The van der Waals surface area contributed by atoms with Gasteiger partial charge in [-0.2, -0.15) is 0 Å². The number of hydrogen-bond acceptors (Lipinski definition) is 8. The van der Waals surface area contributed by atoms with Crippen molar-refractivity contribution in [2.45, 2.75) is 20.8 Å². The van der Waals surface area contributed by atoms with Crippen LogP contribution in [0.4, 0.5) is 0 Å². The number of esters is 3. The van der Waals surface area contributed by atoms with Gasteiger partial charge in [-0.3, -0.25) is 4.79 Å². The molecule has 0 bridgehead atoms. The first-order valence-corrected chi connectivity index (χ1v) is 12.3. The topological polar surface area (TPSA) is 105 Å². The van der Waals surface area contributed by atoms with E-state index in [2.05, 4.69) is 19.7 Å². The molecular formula is C33H28O8. The van der Waals surface area contributed by atoms with E-state index in [-0.39, 0.29) is 46.2 Å². The molecule has 0 N–H and O–H groups in total. The highest BCUT2D eigenvalue weighted by atomic mass is 16.6. The molecule has 0 saturated heterocycles. The second-order valence-corrected chi connectivity index (χ2v) is 9.05. The maximum Gasteiger partial charge on any atom is 0.338 e. The number of hydrogen-bond donors (Lipinski definition) is 0.